The van der Waals surface area contributed by atoms with Crippen LogP contribution in [0, 0.1) is 6.92 Å². The minimum atomic E-state index is -0.492. The lowest BCUT2D eigenvalue weighted by Crippen LogP contribution is -2.55. The molecule has 2 amide bonds. The van der Waals surface area contributed by atoms with E-state index >= 15 is 0 Å². The number of hydrogen-bond donors (Lipinski definition) is 1. The van der Waals surface area contributed by atoms with Gasteiger partial charge in [-0.15, -0.1) is 0 Å². The van der Waals surface area contributed by atoms with Gasteiger partial charge in [0.2, 0.25) is 0 Å². The molecule has 0 radical (unpaired) electrons. The largest absolute Gasteiger partial charge is 0.466 e. The van der Waals surface area contributed by atoms with Gasteiger partial charge in [-0.25, -0.2) is 4.79 Å². The minimum absolute atomic E-state index is 0.0596. The van der Waals surface area contributed by atoms with E-state index < -0.39 is 5.54 Å². The van der Waals surface area contributed by atoms with Crippen LogP contribution in [0.2, 0.25) is 0 Å². The first kappa shape index (κ1) is 18.7. The first-order valence-corrected chi connectivity index (χ1v) is 9.70. The van der Waals surface area contributed by atoms with Crippen molar-refractivity contribution in [2.75, 3.05) is 13.2 Å². The van der Waals surface area contributed by atoms with Gasteiger partial charge in [0, 0.05) is 12.6 Å². The van der Waals surface area contributed by atoms with Gasteiger partial charge >= 0.3 is 12.0 Å². The average Bonchev–Trinajstić information content (AvgIpc) is 3.24. The van der Waals surface area contributed by atoms with Crippen molar-refractivity contribution in [1.29, 1.82) is 0 Å². The molecule has 7 heteroatoms. The second-order valence-electron chi connectivity index (χ2n) is 7.47. The van der Waals surface area contributed by atoms with Crippen molar-refractivity contribution in [2.45, 2.75) is 76.8 Å². The Balaban J connectivity index is 1.71. The molecule has 2 fully saturated rings. The minimum Gasteiger partial charge on any atom is -0.466 e. The number of urea groups is 1. The summed E-state index contributed by atoms with van der Waals surface area (Å²) in [6, 6.07) is 1.72. The summed E-state index contributed by atoms with van der Waals surface area (Å²) in [6.07, 6.45) is 6.88. The zero-order chi connectivity index (χ0) is 18.6. The highest BCUT2D eigenvalue weighted by Crippen LogP contribution is 2.35. The molecule has 1 aliphatic carbocycles. The van der Waals surface area contributed by atoms with Crippen LogP contribution in [-0.4, -0.2) is 40.7 Å². The number of likely N-dealkylation sites (tertiary alicyclic amines) is 1. The molecule has 1 saturated carbocycles. The van der Waals surface area contributed by atoms with E-state index in [0.29, 0.717) is 13.2 Å². The summed E-state index contributed by atoms with van der Waals surface area (Å²) in [6.45, 7) is 4.71. The molecule has 26 heavy (non-hydrogen) atoms. The molecule has 1 aliphatic heterocycles. The van der Waals surface area contributed by atoms with E-state index in [1.807, 2.05) is 17.9 Å². The van der Waals surface area contributed by atoms with Crippen LogP contribution in [0.15, 0.2) is 10.6 Å². The van der Waals surface area contributed by atoms with Gasteiger partial charge in [0.1, 0.15) is 11.5 Å². The molecule has 7 nitrogen and oxygen atoms in total. The standard InChI is InChI=1S/C19H29N3O4/c1-3-25-17(23)13-19(9-5-4-6-10-19)20-18(24)22-11-7-8-16(22)15-12-14(2)26-21-15/h12,16H,3-11,13H2,1-2H3,(H,20,24). The number of ether oxygens (including phenoxy) is 1. The Morgan fingerprint density at radius 3 is 2.77 bits per heavy atom. The molecule has 0 aromatic carbocycles. The van der Waals surface area contributed by atoms with E-state index in [2.05, 4.69) is 10.5 Å². The number of carbonyl (C=O) groups is 2. The van der Waals surface area contributed by atoms with Gasteiger partial charge in [0.15, 0.2) is 0 Å². The maximum Gasteiger partial charge on any atom is 0.318 e. The third kappa shape index (κ3) is 4.19. The molecule has 1 N–H and O–H groups in total. The van der Waals surface area contributed by atoms with E-state index in [-0.39, 0.29) is 24.5 Å². The van der Waals surface area contributed by atoms with Crippen molar-refractivity contribution in [3.05, 3.63) is 17.5 Å². The summed E-state index contributed by atoms with van der Waals surface area (Å²) >= 11 is 0. The van der Waals surface area contributed by atoms with Crippen molar-refractivity contribution < 1.29 is 18.8 Å². The summed E-state index contributed by atoms with van der Waals surface area (Å²) in [7, 11) is 0. The van der Waals surface area contributed by atoms with Gasteiger partial charge in [-0.3, -0.25) is 4.79 Å². The fourth-order valence-electron chi connectivity index (χ4n) is 4.22. The Kier molecular flexibility index (Phi) is 5.84. The van der Waals surface area contributed by atoms with Gasteiger partial charge in [-0.1, -0.05) is 24.4 Å². The van der Waals surface area contributed by atoms with Crippen LogP contribution in [-0.2, 0) is 9.53 Å². The van der Waals surface area contributed by atoms with Crippen molar-refractivity contribution in [2.24, 2.45) is 0 Å². The predicted octanol–water partition coefficient (Wildman–Crippen LogP) is 3.49. The molecule has 144 valence electrons. The summed E-state index contributed by atoms with van der Waals surface area (Å²) in [5.41, 5.74) is 0.312. The van der Waals surface area contributed by atoms with Crippen LogP contribution >= 0.6 is 0 Å². The summed E-state index contributed by atoms with van der Waals surface area (Å²) < 4.78 is 10.3. The average molecular weight is 363 g/mol. The number of amides is 2. The van der Waals surface area contributed by atoms with Gasteiger partial charge in [0.25, 0.3) is 0 Å². The van der Waals surface area contributed by atoms with Gasteiger partial charge in [-0.2, -0.15) is 0 Å². The quantitative estimate of drug-likeness (QED) is 0.810. The monoisotopic (exact) mass is 363 g/mol. The van der Waals surface area contributed by atoms with Crippen LogP contribution in [0.1, 0.15) is 75.8 Å². The van der Waals surface area contributed by atoms with Crippen molar-refractivity contribution >= 4 is 12.0 Å². The summed E-state index contributed by atoms with van der Waals surface area (Å²) in [4.78, 5) is 27.0. The van der Waals surface area contributed by atoms with Gasteiger partial charge < -0.3 is 19.5 Å². The Labute approximate surface area is 154 Å². The molecule has 1 atom stereocenters. The molecule has 0 bridgehead atoms. The maximum absolute atomic E-state index is 13.1. The van der Waals surface area contributed by atoms with Crippen molar-refractivity contribution in [3.63, 3.8) is 0 Å². The third-order valence-corrected chi connectivity index (χ3v) is 5.47. The molecule has 1 aromatic rings. The lowest BCUT2D eigenvalue weighted by atomic mass is 9.79. The Morgan fingerprint density at radius 1 is 1.35 bits per heavy atom. The number of rotatable bonds is 5. The first-order chi connectivity index (χ1) is 12.5. The van der Waals surface area contributed by atoms with Crippen molar-refractivity contribution in [3.8, 4) is 0 Å². The van der Waals surface area contributed by atoms with E-state index in [1.165, 1.54) is 0 Å². The highest BCUT2D eigenvalue weighted by molar-refractivity contribution is 5.78. The number of carbonyl (C=O) groups excluding carboxylic acids is 2. The highest BCUT2D eigenvalue weighted by Gasteiger charge is 2.40. The lowest BCUT2D eigenvalue weighted by Gasteiger charge is -2.39. The van der Waals surface area contributed by atoms with E-state index in [1.54, 1.807) is 6.92 Å². The predicted molar refractivity (Wildman–Crippen MR) is 95.5 cm³/mol. The first-order valence-electron chi connectivity index (χ1n) is 9.70. The zero-order valence-electron chi connectivity index (χ0n) is 15.8. The van der Waals surface area contributed by atoms with Gasteiger partial charge in [-0.05, 0) is 39.5 Å². The van der Waals surface area contributed by atoms with Crippen LogP contribution < -0.4 is 5.32 Å². The molecule has 1 saturated heterocycles. The van der Waals surface area contributed by atoms with E-state index in [0.717, 1.165) is 56.4 Å². The summed E-state index contributed by atoms with van der Waals surface area (Å²) in [5, 5.41) is 7.29. The molecular formula is C19H29N3O4. The second kappa shape index (κ2) is 8.10. The SMILES string of the molecule is CCOC(=O)CC1(NC(=O)N2CCCC2c2cc(C)on2)CCCCC1. The number of aryl methyl sites for hydroxylation is 1. The van der Waals surface area contributed by atoms with E-state index in [4.69, 9.17) is 9.26 Å². The zero-order valence-corrected chi connectivity index (χ0v) is 15.8. The Bertz CT molecular complexity index is 636. The lowest BCUT2D eigenvalue weighted by molar-refractivity contribution is -0.145. The number of aromatic nitrogens is 1. The van der Waals surface area contributed by atoms with Gasteiger partial charge in [0.05, 0.1) is 24.6 Å². The maximum atomic E-state index is 13.1. The van der Waals surface area contributed by atoms with E-state index in [9.17, 15) is 9.59 Å². The molecule has 1 aromatic heterocycles. The molecule has 1 unspecified atom stereocenters. The number of esters is 1. The molecule has 2 heterocycles. The fraction of sp³-hybridized carbons (Fsp3) is 0.737. The molecular weight excluding hydrogens is 334 g/mol. The Hall–Kier alpha value is -2.05. The number of nitrogens with zero attached hydrogens (tertiary/aromatic N) is 2. The molecule has 0 spiro atoms. The molecule has 2 aliphatic rings. The smallest absolute Gasteiger partial charge is 0.318 e. The molecule has 3 rings (SSSR count). The van der Waals surface area contributed by atoms with Crippen LogP contribution in [0.4, 0.5) is 4.79 Å². The summed E-state index contributed by atoms with van der Waals surface area (Å²) in [5.74, 6) is 0.512. The number of nitrogens with one attached hydrogen (secondary N) is 1. The third-order valence-electron chi connectivity index (χ3n) is 5.47. The van der Waals surface area contributed by atoms with Crippen molar-refractivity contribution in [1.82, 2.24) is 15.4 Å². The van der Waals surface area contributed by atoms with Crippen LogP contribution in [0.25, 0.3) is 0 Å². The topological polar surface area (TPSA) is 84.7 Å². The number of hydrogen-bond acceptors (Lipinski definition) is 5. The second-order valence-corrected chi connectivity index (χ2v) is 7.47. The highest BCUT2D eigenvalue weighted by atomic mass is 16.5. The van der Waals surface area contributed by atoms with Crippen LogP contribution in [0.3, 0.4) is 0 Å². The Morgan fingerprint density at radius 2 is 2.12 bits per heavy atom. The normalized spacial score (nSPS) is 22.2. The van der Waals surface area contributed by atoms with Crippen LogP contribution in [0.5, 0.6) is 0 Å². The fourth-order valence-corrected chi connectivity index (χ4v) is 4.22.